The SMILES string of the molecule is CC(=Nc1cccc(P(c2ccccc2)c2ccccc2)c1)N(C)C. The summed E-state index contributed by atoms with van der Waals surface area (Å²) < 4.78 is 0. The zero-order valence-electron chi connectivity index (χ0n) is 14.9. The molecule has 0 saturated heterocycles. The van der Waals surface area contributed by atoms with Crippen molar-refractivity contribution >= 4 is 35.4 Å². The minimum absolute atomic E-state index is 0.585. The molecule has 2 nitrogen and oxygen atoms in total. The molecule has 0 atom stereocenters. The van der Waals surface area contributed by atoms with Crippen LogP contribution in [-0.4, -0.2) is 24.8 Å². The molecule has 0 N–H and O–H groups in total. The van der Waals surface area contributed by atoms with Crippen molar-refractivity contribution in [3.63, 3.8) is 0 Å². The molecule has 0 aliphatic heterocycles. The molecule has 126 valence electrons. The predicted molar refractivity (Wildman–Crippen MR) is 112 cm³/mol. The summed E-state index contributed by atoms with van der Waals surface area (Å²) in [7, 11) is 3.45. The highest BCUT2D eigenvalue weighted by molar-refractivity contribution is 7.79. The summed E-state index contributed by atoms with van der Waals surface area (Å²) in [6.45, 7) is 2.03. The average Bonchev–Trinajstić information content (AvgIpc) is 2.64. The van der Waals surface area contributed by atoms with Gasteiger partial charge in [0.2, 0.25) is 0 Å². The van der Waals surface area contributed by atoms with Crippen molar-refractivity contribution in [1.29, 1.82) is 0 Å². The van der Waals surface area contributed by atoms with Crippen molar-refractivity contribution in [1.82, 2.24) is 4.90 Å². The highest BCUT2D eigenvalue weighted by Crippen LogP contribution is 2.33. The molecule has 0 spiro atoms. The fourth-order valence-electron chi connectivity index (χ4n) is 2.59. The first-order valence-electron chi connectivity index (χ1n) is 8.38. The van der Waals surface area contributed by atoms with E-state index in [1.54, 1.807) is 0 Å². The van der Waals surface area contributed by atoms with E-state index in [0.717, 1.165) is 11.5 Å². The summed E-state index contributed by atoms with van der Waals surface area (Å²) in [6.07, 6.45) is 0. The molecule has 3 aromatic rings. The van der Waals surface area contributed by atoms with Crippen LogP contribution >= 0.6 is 7.92 Å². The Labute approximate surface area is 151 Å². The maximum atomic E-state index is 4.74. The summed E-state index contributed by atoms with van der Waals surface area (Å²) in [5.74, 6) is 1.00. The summed E-state index contributed by atoms with van der Waals surface area (Å²) in [5.41, 5.74) is 1.00. The predicted octanol–water partition coefficient (Wildman–Crippen LogP) is 4.06. The van der Waals surface area contributed by atoms with Crippen LogP contribution in [0.15, 0.2) is 89.9 Å². The molecule has 0 aromatic heterocycles. The summed E-state index contributed by atoms with van der Waals surface area (Å²) >= 11 is 0. The lowest BCUT2D eigenvalue weighted by molar-refractivity contribution is 0.619. The van der Waals surface area contributed by atoms with Gasteiger partial charge in [-0.3, -0.25) is 0 Å². The Kier molecular flexibility index (Phi) is 5.63. The molecule has 0 aliphatic carbocycles. The summed E-state index contributed by atoms with van der Waals surface area (Å²) in [4.78, 5) is 6.77. The maximum absolute atomic E-state index is 4.74. The van der Waals surface area contributed by atoms with E-state index in [9.17, 15) is 0 Å². The van der Waals surface area contributed by atoms with Gasteiger partial charge >= 0.3 is 0 Å². The lowest BCUT2D eigenvalue weighted by Gasteiger charge is -2.19. The highest BCUT2D eigenvalue weighted by atomic mass is 31.1. The van der Waals surface area contributed by atoms with Crippen LogP contribution in [0.5, 0.6) is 0 Å². The number of amidine groups is 1. The van der Waals surface area contributed by atoms with Gasteiger partial charge in [0.05, 0.1) is 5.69 Å². The Hall–Kier alpha value is -2.44. The van der Waals surface area contributed by atoms with Crippen LogP contribution in [0.1, 0.15) is 6.92 Å². The number of hydrogen-bond acceptors (Lipinski definition) is 1. The van der Waals surface area contributed by atoms with Crippen LogP contribution < -0.4 is 15.9 Å². The number of rotatable bonds is 4. The van der Waals surface area contributed by atoms with Crippen LogP contribution in [0.3, 0.4) is 0 Å². The lowest BCUT2D eigenvalue weighted by Crippen LogP contribution is -2.20. The van der Waals surface area contributed by atoms with Crippen molar-refractivity contribution in [3.05, 3.63) is 84.9 Å². The Morgan fingerprint density at radius 1 is 0.720 bits per heavy atom. The van der Waals surface area contributed by atoms with E-state index in [1.165, 1.54) is 15.9 Å². The second kappa shape index (κ2) is 8.09. The number of benzene rings is 3. The number of hydrogen-bond donors (Lipinski definition) is 0. The van der Waals surface area contributed by atoms with Gasteiger partial charge < -0.3 is 4.90 Å². The van der Waals surface area contributed by atoms with Crippen molar-refractivity contribution in [2.75, 3.05) is 14.1 Å². The van der Waals surface area contributed by atoms with E-state index in [0.29, 0.717) is 0 Å². The molecule has 3 aromatic carbocycles. The van der Waals surface area contributed by atoms with Crippen molar-refractivity contribution < 1.29 is 0 Å². The standard InChI is InChI=1S/C22H23N2P/c1-18(24(2)3)23-19-11-10-16-22(17-19)25(20-12-6-4-7-13-20)21-14-8-5-9-15-21/h4-17H,1-3H3. The molecular formula is C22H23N2P. The molecule has 0 radical (unpaired) electrons. The molecule has 3 heteroatoms. The fourth-order valence-corrected chi connectivity index (χ4v) is 4.92. The normalized spacial score (nSPS) is 11.6. The second-order valence-corrected chi connectivity index (χ2v) is 8.30. The second-order valence-electron chi connectivity index (χ2n) is 6.08. The van der Waals surface area contributed by atoms with E-state index in [1.807, 2.05) is 25.9 Å². The molecule has 25 heavy (non-hydrogen) atoms. The van der Waals surface area contributed by atoms with Gasteiger partial charge in [-0.1, -0.05) is 72.8 Å². The molecule has 0 unspecified atom stereocenters. The number of aliphatic imine (C=N–C) groups is 1. The van der Waals surface area contributed by atoms with Crippen molar-refractivity contribution in [2.24, 2.45) is 4.99 Å². The van der Waals surface area contributed by atoms with E-state index >= 15 is 0 Å². The van der Waals surface area contributed by atoms with Crippen LogP contribution in [0.4, 0.5) is 5.69 Å². The molecule has 0 fully saturated rings. The molecular weight excluding hydrogens is 323 g/mol. The minimum atomic E-state index is -0.585. The monoisotopic (exact) mass is 346 g/mol. The molecule has 3 rings (SSSR count). The Balaban J connectivity index is 2.07. The van der Waals surface area contributed by atoms with Gasteiger partial charge in [-0.15, -0.1) is 0 Å². The largest absolute Gasteiger partial charge is 0.366 e. The first-order valence-corrected chi connectivity index (χ1v) is 9.72. The van der Waals surface area contributed by atoms with Crippen LogP contribution in [0.25, 0.3) is 0 Å². The zero-order valence-corrected chi connectivity index (χ0v) is 15.8. The van der Waals surface area contributed by atoms with Gasteiger partial charge in [-0.25, -0.2) is 4.99 Å². The van der Waals surface area contributed by atoms with E-state index in [-0.39, 0.29) is 0 Å². The van der Waals surface area contributed by atoms with E-state index in [4.69, 9.17) is 4.99 Å². The van der Waals surface area contributed by atoms with E-state index < -0.39 is 7.92 Å². The zero-order chi connectivity index (χ0) is 17.6. The Morgan fingerprint density at radius 3 is 1.76 bits per heavy atom. The van der Waals surface area contributed by atoms with Crippen molar-refractivity contribution in [3.8, 4) is 0 Å². The van der Waals surface area contributed by atoms with Crippen LogP contribution in [-0.2, 0) is 0 Å². The molecule has 0 aliphatic rings. The van der Waals surface area contributed by atoms with Gasteiger partial charge in [0.1, 0.15) is 5.84 Å². The Morgan fingerprint density at radius 2 is 1.24 bits per heavy atom. The van der Waals surface area contributed by atoms with Crippen molar-refractivity contribution in [2.45, 2.75) is 6.92 Å². The van der Waals surface area contributed by atoms with Gasteiger partial charge in [0.15, 0.2) is 0 Å². The topological polar surface area (TPSA) is 15.6 Å². The van der Waals surface area contributed by atoms with E-state index in [2.05, 4.69) is 84.9 Å². The average molecular weight is 346 g/mol. The molecule has 0 heterocycles. The van der Waals surface area contributed by atoms with Gasteiger partial charge in [-0.05, 0) is 42.9 Å². The number of nitrogens with zero attached hydrogens (tertiary/aromatic N) is 2. The van der Waals surface area contributed by atoms with Crippen LogP contribution in [0, 0.1) is 0 Å². The third-order valence-electron chi connectivity index (χ3n) is 4.05. The smallest absolute Gasteiger partial charge is 0.101 e. The molecule has 0 amide bonds. The van der Waals surface area contributed by atoms with Gasteiger partial charge in [-0.2, -0.15) is 0 Å². The Bertz CT molecular complexity index is 803. The maximum Gasteiger partial charge on any atom is 0.101 e. The molecule has 0 saturated carbocycles. The van der Waals surface area contributed by atoms with Crippen LogP contribution in [0.2, 0.25) is 0 Å². The third-order valence-corrected chi connectivity index (χ3v) is 6.48. The van der Waals surface area contributed by atoms with Gasteiger partial charge in [0.25, 0.3) is 0 Å². The summed E-state index contributed by atoms with van der Waals surface area (Å²) in [6, 6.07) is 30.1. The highest BCUT2D eigenvalue weighted by Gasteiger charge is 2.16. The fraction of sp³-hybridized carbons (Fsp3) is 0.136. The van der Waals surface area contributed by atoms with Gasteiger partial charge in [0, 0.05) is 14.1 Å². The third kappa shape index (κ3) is 4.35. The molecule has 0 bridgehead atoms. The minimum Gasteiger partial charge on any atom is -0.366 e. The first kappa shape index (κ1) is 17.4. The lowest BCUT2D eigenvalue weighted by atomic mass is 10.3. The first-order chi connectivity index (χ1) is 12.1. The summed E-state index contributed by atoms with van der Waals surface area (Å²) in [5, 5.41) is 4.03. The quantitative estimate of drug-likeness (QED) is 0.395.